The Morgan fingerprint density at radius 3 is 2.86 bits per heavy atom. The summed E-state index contributed by atoms with van der Waals surface area (Å²) in [4.78, 5) is 5.51. The summed E-state index contributed by atoms with van der Waals surface area (Å²) >= 11 is 1.78. The maximum Gasteiger partial charge on any atom is 0.188 e. The molecule has 1 aromatic rings. The molecule has 116 valence electrons. The van der Waals surface area contributed by atoms with Crippen molar-refractivity contribution in [3.63, 3.8) is 0 Å². The molecule has 1 aromatic carbocycles. The lowest BCUT2D eigenvalue weighted by Gasteiger charge is -2.11. The second kappa shape index (κ2) is 9.34. The van der Waals surface area contributed by atoms with Gasteiger partial charge in [-0.15, -0.1) is 11.8 Å². The van der Waals surface area contributed by atoms with Gasteiger partial charge >= 0.3 is 0 Å². The van der Waals surface area contributed by atoms with Gasteiger partial charge in [0.1, 0.15) is 5.75 Å². The number of thioether (sulfide) groups is 1. The standard InChI is InChI=1S/C16H25N3OS/c1-12(2)9-18-16(17)19-10-13(3)11-21-15-8-6-5-7-14(15)20-4/h5-8,13H,1,9-11H2,2-4H3,(H3,17,18,19). The van der Waals surface area contributed by atoms with Crippen LogP contribution in [0.2, 0.25) is 0 Å². The van der Waals surface area contributed by atoms with Gasteiger partial charge in [0.2, 0.25) is 0 Å². The Morgan fingerprint density at radius 2 is 2.19 bits per heavy atom. The highest BCUT2D eigenvalue weighted by Gasteiger charge is 2.06. The molecule has 0 aliphatic heterocycles. The molecule has 1 atom stereocenters. The van der Waals surface area contributed by atoms with Crippen molar-refractivity contribution in [2.24, 2.45) is 16.6 Å². The van der Waals surface area contributed by atoms with E-state index in [2.05, 4.69) is 29.9 Å². The minimum Gasteiger partial charge on any atom is -0.496 e. The first kappa shape index (κ1) is 17.4. The van der Waals surface area contributed by atoms with E-state index < -0.39 is 0 Å². The van der Waals surface area contributed by atoms with Crippen LogP contribution in [-0.2, 0) is 0 Å². The number of benzene rings is 1. The first-order chi connectivity index (χ1) is 10.0. The van der Waals surface area contributed by atoms with Crippen LogP contribution in [0.15, 0.2) is 46.3 Å². The van der Waals surface area contributed by atoms with Gasteiger partial charge in [-0.25, -0.2) is 0 Å². The van der Waals surface area contributed by atoms with Crippen LogP contribution in [0, 0.1) is 5.92 Å². The van der Waals surface area contributed by atoms with Crippen molar-refractivity contribution in [1.82, 2.24) is 5.32 Å². The minimum absolute atomic E-state index is 0.435. The third-order valence-corrected chi connectivity index (χ3v) is 4.12. The smallest absolute Gasteiger partial charge is 0.188 e. The minimum atomic E-state index is 0.435. The topological polar surface area (TPSA) is 59.6 Å². The molecular weight excluding hydrogens is 282 g/mol. The maximum absolute atomic E-state index is 5.79. The van der Waals surface area contributed by atoms with Crippen LogP contribution in [0.5, 0.6) is 5.75 Å². The molecule has 0 heterocycles. The molecule has 4 nitrogen and oxygen atoms in total. The highest BCUT2D eigenvalue weighted by atomic mass is 32.2. The van der Waals surface area contributed by atoms with E-state index in [1.165, 1.54) is 0 Å². The molecule has 5 heteroatoms. The monoisotopic (exact) mass is 307 g/mol. The fourth-order valence-corrected chi connectivity index (χ4v) is 2.61. The second-order valence-corrected chi connectivity index (χ2v) is 6.17. The fraction of sp³-hybridized carbons (Fsp3) is 0.438. The summed E-state index contributed by atoms with van der Waals surface area (Å²) in [5.41, 5.74) is 6.83. The second-order valence-electron chi connectivity index (χ2n) is 5.10. The number of nitrogens with one attached hydrogen (secondary N) is 1. The molecule has 0 amide bonds. The van der Waals surface area contributed by atoms with Gasteiger partial charge in [-0.2, -0.15) is 0 Å². The van der Waals surface area contributed by atoms with Gasteiger partial charge in [0, 0.05) is 23.7 Å². The van der Waals surface area contributed by atoms with Gasteiger partial charge < -0.3 is 15.8 Å². The number of hydrogen-bond donors (Lipinski definition) is 2. The normalized spacial score (nSPS) is 12.8. The number of aliphatic imine (C=N–C) groups is 1. The molecule has 0 aliphatic carbocycles. The highest BCUT2D eigenvalue weighted by Crippen LogP contribution is 2.29. The molecule has 1 rings (SSSR count). The lowest BCUT2D eigenvalue weighted by molar-refractivity contribution is 0.405. The zero-order valence-electron chi connectivity index (χ0n) is 13.1. The molecule has 1 unspecified atom stereocenters. The Morgan fingerprint density at radius 1 is 1.48 bits per heavy atom. The number of nitrogens with zero attached hydrogens (tertiary/aromatic N) is 1. The first-order valence-corrected chi connectivity index (χ1v) is 7.95. The zero-order valence-corrected chi connectivity index (χ0v) is 13.9. The molecular formula is C16H25N3OS. The molecule has 0 saturated carbocycles. The van der Waals surface area contributed by atoms with E-state index in [1.807, 2.05) is 25.1 Å². The SMILES string of the molecule is C=C(C)CNC(N)=NCC(C)CSc1ccccc1OC. The number of guanidine groups is 1. The maximum atomic E-state index is 5.79. The molecule has 0 spiro atoms. The van der Waals surface area contributed by atoms with Gasteiger partial charge in [0.25, 0.3) is 0 Å². The lowest BCUT2D eigenvalue weighted by atomic mass is 10.2. The largest absolute Gasteiger partial charge is 0.496 e. The van der Waals surface area contributed by atoms with Crippen LogP contribution >= 0.6 is 11.8 Å². The van der Waals surface area contributed by atoms with Gasteiger partial charge in [-0.1, -0.05) is 31.2 Å². The van der Waals surface area contributed by atoms with E-state index in [4.69, 9.17) is 10.5 Å². The molecule has 0 bridgehead atoms. The van der Waals surface area contributed by atoms with Crippen molar-refractivity contribution >= 4 is 17.7 Å². The zero-order chi connectivity index (χ0) is 15.7. The van der Waals surface area contributed by atoms with Crippen molar-refractivity contribution in [1.29, 1.82) is 0 Å². The number of hydrogen-bond acceptors (Lipinski definition) is 3. The van der Waals surface area contributed by atoms with Crippen molar-refractivity contribution < 1.29 is 4.74 Å². The third-order valence-electron chi connectivity index (χ3n) is 2.74. The van der Waals surface area contributed by atoms with E-state index in [1.54, 1.807) is 18.9 Å². The predicted octanol–water partition coefficient (Wildman–Crippen LogP) is 2.90. The summed E-state index contributed by atoms with van der Waals surface area (Å²) in [5, 5.41) is 3.03. The molecule has 21 heavy (non-hydrogen) atoms. The summed E-state index contributed by atoms with van der Waals surface area (Å²) in [6.45, 7) is 9.30. The molecule has 0 fully saturated rings. The Kier molecular flexibility index (Phi) is 7.75. The predicted molar refractivity (Wildman–Crippen MR) is 92.2 cm³/mol. The Hall–Kier alpha value is -1.62. The summed E-state index contributed by atoms with van der Waals surface area (Å²) in [6, 6.07) is 8.05. The summed E-state index contributed by atoms with van der Waals surface area (Å²) in [7, 11) is 1.70. The quantitative estimate of drug-likeness (QED) is 0.335. The summed E-state index contributed by atoms with van der Waals surface area (Å²) in [5.74, 6) is 2.80. The van der Waals surface area contributed by atoms with Gasteiger partial charge in [0.15, 0.2) is 5.96 Å². The fourth-order valence-electron chi connectivity index (χ4n) is 1.57. The molecule has 0 aromatic heterocycles. The van der Waals surface area contributed by atoms with Crippen molar-refractivity contribution in [2.75, 3.05) is 26.0 Å². The average Bonchev–Trinajstić information content (AvgIpc) is 2.49. The van der Waals surface area contributed by atoms with Crippen LogP contribution in [-0.4, -0.2) is 31.9 Å². The van der Waals surface area contributed by atoms with Crippen LogP contribution < -0.4 is 15.8 Å². The first-order valence-electron chi connectivity index (χ1n) is 6.97. The molecule has 0 aliphatic rings. The van der Waals surface area contributed by atoms with Gasteiger partial charge in [-0.05, 0) is 25.0 Å². The Labute approximate surface area is 131 Å². The van der Waals surface area contributed by atoms with Crippen molar-refractivity contribution in [2.45, 2.75) is 18.7 Å². The highest BCUT2D eigenvalue weighted by molar-refractivity contribution is 7.99. The van der Waals surface area contributed by atoms with Crippen LogP contribution in [0.25, 0.3) is 0 Å². The van der Waals surface area contributed by atoms with Crippen LogP contribution in [0.3, 0.4) is 0 Å². The van der Waals surface area contributed by atoms with E-state index >= 15 is 0 Å². The summed E-state index contributed by atoms with van der Waals surface area (Å²) in [6.07, 6.45) is 0. The van der Waals surface area contributed by atoms with Crippen LogP contribution in [0.4, 0.5) is 0 Å². The van der Waals surface area contributed by atoms with E-state index in [-0.39, 0.29) is 0 Å². The van der Waals surface area contributed by atoms with Gasteiger partial charge in [-0.3, -0.25) is 4.99 Å². The van der Waals surface area contributed by atoms with E-state index in [0.717, 1.165) is 22.0 Å². The Bertz CT molecular complexity index is 488. The van der Waals surface area contributed by atoms with E-state index in [0.29, 0.717) is 25.0 Å². The number of para-hydroxylation sites is 1. The molecule has 0 radical (unpaired) electrons. The van der Waals surface area contributed by atoms with E-state index in [9.17, 15) is 0 Å². The molecule has 0 saturated heterocycles. The third kappa shape index (κ3) is 7.09. The van der Waals surface area contributed by atoms with Crippen molar-refractivity contribution in [3.05, 3.63) is 36.4 Å². The van der Waals surface area contributed by atoms with Crippen LogP contribution in [0.1, 0.15) is 13.8 Å². The Balaban J connectivity index is 2.38. The number of methoxy groups -OCH3 is 1. The van der Waals surface area contributed by atoms with Gasteiger partial charge in [0.05, 0.1) is 7.11 Å². The van der Waals surface area contributed by atoms with Crippen molar-refractivity contribution in [3.8, 4) is 5.75 Å². The molecule has 3 N–H and O–H groups in total. The average molecular weight is 307 g/mol. The number of rotatable bonds is 8. The number of ether oxygens (including phenoxy) is 1. The number of nitrogens with two attached hydrogens (primary N) is 1. The summed E-state index contributed by atoms with van der Waals surface area (Å²) < 4.78 is 5.34. The lowest BCUT2D eigenvalue weighted by Crippen LogP contribution is -2.33.